The Bertz CT molecular complexity index is 540. The molecule has 0 spiro atoms. The smallest absolute Gasteiger partial charge is 0.138 e. The van der Waals surface area contributed by atoms with Crippen molar-refractivity contribution in [2.24, 2.45) is 23.7 Å². The average Bonchev–Trinajstić information content (AvgIpc) is 3.22. The van der Waals surface area contributed by atoms with Gasteiger partial charge in [0.1, 0.15) is 5.78 Å². The third kappa shape index (κ3) is 6.04. The standard InChI is InChI=1S/C23H38O4/c1-6-23(5,21(15-24)17(2)25)26-14-13-22(3,4)27-16-20-18-11-9-7-8-10-12-19(18)20/h18-21,24H,6,9-16H2,1-5H3. The lowest BCUT2D eigenvalue weighted by molar-refractivity contribution is -0.143. The fraction of sp³-hybridized carbons (Fsp3) is 0.870. The van der Waals surface area contributed by atoms with Gasteiger partial charge < -0.3 is 14.6 Å². The normalized spacial score (nSPS) is 28.0. The van der Waals surface area contributed by atoms with E-state index in [0.717, 1.165) is 37.7 Å². The van der Waals surface area contributed by atoms with Gasteiger partial charge in [0.15, 0.2) is 0 Å². The largest absolute Gasteiger partial charge is 0.396 e. The molecule has 27 heavy (non-hydrogen) atoms. The van der Waals surface area contributed by atoms with E-state index < -0.39 is 11.5 Å². The number of carbonyl (C=O) groups is 1. The summed E-state index contributed by atoms with van der Waals surface area (Å²) in [6.07, 6.45) is 5.96. The van der Waals surface area contributed by atoms with Crippen LogP contribution in [0.25, 0.3) is 0 Å². The van der Waals surface area contributed by atoms with Gasteiger partial charge in [-0.05, 0) is 71.1 Å². The number of hydrogen-bond acceptors (Lipinski definition) is 4. The second-order valence-electron chi connectivity index (χ2n) is 9.10. The Hall–Kier alpha value is -0.890. The van der Waals surface area contributed by atoms with Crippen LogP contribution in [0.1, 0.15) is 73.1 Å². The Morgan fingerprint density at radius 1 is 1.15 bits per heavy atom. The van der Waals surface area contributed by atoms with Gasteiger partial charge in [0.2, 0.25) is 0 Å². The molecule has 1 saturated carbocycles. The van der Waals surface area contributed by atoms with Gasteiger partial charge in [0, 0.05) is 12.8 Å². The lowest BCUT2D eigenvalue weighted by Gasteiger charge is -2.36. The topological polar surface area (TPSA) is 55.8 Å². The molecule has 0 aliphatic heterocycles. The van der Waals surface area contributed by atoms with Crippen LogP contribution in [0.15, 0.2) is 0 Å². The molecule has 0 heterocycles. The van der Waals surface area contributed by atoms with Crippen molar-refractivity contribution in [3.05, 3.63) is 0 Å². The molecule has 4 atom stereocenters. The maximum atomic E-state index is 11.8. The SMILES string of the molecule is CCC(C)(OCCC(C)(C)OCC1C2CCC#CCCC21)C(CO)C(C)=O. The third-order valence-corrected chi connectivity index (χ3v) is 6.75. The van der Waals surface area contributed by atoms with E-state index in [1.165, 1.54) is 19.8 Å². The number of aliphatic hydroxyl groups is 1. The quantitative estimate of drug-likeness (QED) is 0.552. The molecule has 2 aliphatic carbocycles. The summed E-state index contributed by atoms with van der Waals surface area (Å²) < 4.78 is 12.4. The summed E-state index contributed by atoms with van der Waals surface area (Å²) in [4.78, 5) is 11.8. The van der Waals surface area contributed by atoms with Crippen LogP contribution in [0.2, 0.25) is 0 Å². The van der Waals surface area contributed by atoms with E-state index in [-0.39, 0.29) is 18.0 Å². The van der Waals surface area contributed by atoms with E-state index in [0.29, 0.717) is 18.9 Å². The van der Waals surface area contributed by atoms with Crippen molar-refractivity contribution in [2.45, 2.75) is 84.3 Å². The van der Waals surface area contributed by atoms with Crippen LogP contribution in [0.5, 0.6) is 0 Å². The number of aliphatic hydroxyl groups excluding tert-OH is 1. The summed E-state index contributed by atoms with van der Waals surface area (Å²) in [6.45, 7) is 10.8. The van der Waals surface area contributed by atoms with Crippen molar-refractivity contribution in [3.63, 3.8) is 0 Å². The molecular weight excluding hydrogens is 340 g/mol. The molecular formula is C23H38O4. The van der Waals surface area contributed by atoms with Crippen LogP contribution in [-0.2, 0) is 14.3 Å². The summed E-state index contributed by atoms with van der Waals surface area (Å²) >= 11 is 0. The first-order valence-corrected chi connectivity index (χ1v) is 10.6. The molecule has 0 aromatic heterocycles. The van der Waals surface area contributed by atoms with E-state index >= 15 is 0 Å². The number of ketones is 1. The summed E-state index contributed by atoms with van der Waals surface area (Å²) in [5.41, 5.74) is -0.882. The average molecular weight is 379 g/mol. The zero-order chi connectivity index (χ0) is 20.1. The van der Waals surface area contributed by atoms with E-state index in [4.69, 9.17) is 9.47 Å². The maximum absolute atomic E-state index is 11.8. The number of ether oxygens (including phenoxy) is 2. The van der Waals surface area contributed by atoms with Gasteiger partial charge in [-0.2, -0.15) is 0 Å². The first-order chi connectivity index (χ1) is 12.7. The lowest BCUT2D eigenvalue weighted by Crippen LogP contribution is -2.44. The van der Waals surface area contributed by atoms with Crippen LogP contribution < -0.4 is 0 Å². The van der Waals surface area contributed by atoms with Crippen molar-refractivity contribution in [1.82, 2.24) is 0 Å². The molecule has 154 valence electrons. The van der Waals surface area contributed by atoms with Crippen molar-refractivity contribution < 1.29 is 19.4 Å². The molecule has 0 amide bonds. The van der Waals surface area contributed by atoms with Crippen molar-refractivity contribution in [2.75, 3.05) is 19.8 Å². The van der Waals surface area contributed by atoms with Gasteiger partial charge >= 0.3 is 0 Å². The van der Waals surface area contributed by atoms with Gasteiger partial charge in [-0.3, -0.25) is 4.79 Å². The van der Waals surface area contributed by atoms with E-state index in [9.17, 15) is 9.90 Å². The Labute approximate surface area is 165 Å². The highest BCUT2D eigenvalue weighted by atomic mass is 16.5. The number of rotatable bonds is 11. The molecule has 4 heteroatoms. The van der Waals surface area contributed by atoms with Gasteiger partial charge in [-0.25, -0.2) is 0 Å². The van der Waals surface area contributed by atoms with Gasteiger partial charge in [-0.15, -0.1) is 11.8 Å². The number of fused-ring (bicyclic) bond motifs is 1. The van der Waals surface area contributed by atoms with Crippen molar-refractivity contribution >= 4 is 5.78 Å². The highest BCUT2D eigenvalue weighted by Crippen LogP contribution is 2.52. The van der Waals surface area contributed by atoms with Crippen LogP contribution >= 0.6 is 0 Å². The van der Waals surface area contributed by atoms with E-state index in [1.54, 1.807) is 0 Å². The Balaban J connectivity index is 1.76. The number of carbonyl (C=O) groups excluding carboxylic acids is 1. The molecule has 0 bridgehead atoms. The molecule has 1 N–H and O–H groups in total. The van der Waals surface area contributed by atoms with Crippen LogP contribution in [0.3, 0.4) is 0 Å². The number of hydrogen-bond donors (Lipinski definition) is 1. The fourth-order valence-electron chi connectivity index (χ4n) is 4.41. The fourth-order valence-corrected chi connectivity index (χ4v) is 4.41. The molecule has 0 aromatic rings. The molecule has 4 unspecified atom stereocenters. The summed E-state index contributed by atoms with van der Waals surface area (Å²) in [5, 5.41) is 9.58. The zero-order valence-corrected chi connectivity index (χ0v) is 17.8. The lowest BCUT2D eigenvalue weighted by atomic mass is 9.84. The molecule has 1 fully saturated rings. The van der Waals surface area contributed by atoms with E-state index in [2.05, 4.69) is 25.7 Å². The van der Waals surface area contributed by atoms with Crippen molar-refractivity contribution in [1.29, 1.82) is 0 Å². The monoisotopic (exact) mass is 378 g/mol. The van der Waals surface area contributed by atoms with Gasteiger partial charge in [-0.1, -0.05) is 6.92 Å². The van der Waals surface area contributed by atoms with Crippen LogP contribution in [0, 0.1) is 35.5 Å². The molecule has 0 aromatic carbocycles. The molecule has 0 saturated heterocycles. The minimum atomic E-state index is -0.626. The Morgan fingerprint density at radius 3 is 2.22 bits per heavy atom. The van der Waals surface area contributed by atoms with Crippen LogP contribution in [0.4, 0.5) is 0 Å². The second kappa shape index (κ2) is 9.54. The highest BCUT2D eigenvalue weighted by molar-refractivity contribution is 5.79. The molecule has 0 radical (unpaired) electrons. The summed E-state index contributed by atoms with van der Waals surface area (Å²) in [7, 11) is 0. The molecule has 2 rings (SSSR count). The minimum Gasteiger partial charge on any atom is -0.396 e. The predicted octanol–water partition coefficient (Wildman–Crippen LogP) is 3.99. The first kappa shape index (κ1) is 22.4. The first-order valence-electron chi connectivity index (χ1n) is 10.6. The Morgan fingerprint density at radius 2 is 1.74 bits per heavy atom. The highest BCUT2D eigenvalue weighted by Gasteiger charge is 2.49. The summed E-state index contributed by atoms with van der Waals surface area (Å²) in [5.74, 6) is 8.30. The Kier molecular flexibility index (Phi) is 7.92. The predicted molar refractivity (Wildman–Crippen MR) is 107 cm³/mol. The zero-order valence-electron chi connectivity index (χ0n) is 17.8. The maximum Gasteiger partial charge on any atom is 0.138 e. The van der Waals surface area contributed by atoms with Gasteiger partial charge in [0.25, 0.3) is 0 Å². The number of Topliss-reactive ketones (excluding diaryl/α,β-unsaturated/α-hetero) is 1. The van der Waals surface area contributed by atoms with Crippen molar-refractivity contribution in [3.8, 4) is 11.8 Å². The second-order valence-corrected chi connectivity index (χ2v) is 9.10. The van der Waals surface area contributed by atoms with Crippen LogP contribution in [-0.4, -0.2) is 41.9 Å². The third-order valence-electron chi connectivity index (χ3n) is 6.75. The van der Waals surface area contributed by atoms with Gasteiger partial charge in [0.05, 0.1) is 36.9 Å². The molecule has 4 nitrogen and oxygen atoms in total. The van der Waals surface area contributed by atoms with E-state index in [1.807, 2.05) is 13.8 Å². The summed E-state index contributed by atoms with van der Waals surface area (Å²) in [6, 6.07) is 0. The molecule has 2 aliphatic rings. The minimum absolute atomic E-state index is 0.0236.